The summed E-state index contributed by atoms with van der Waals surface area (Å²) >= 11 is 0. The van der Waals surface area contributed by atoms with Crippen LogP contribution in [0.1, 0.15) is 43.0 Å². The Morgan fingerprint density at radius 2 is 1.72 bits per heavy atom. The molecule has 1 aromatic heterocycles. The minimum atomic E-state index is -0.0733. The van der Waals surface area contributed by atoms with Crippen molar-refractivity contribution in [1.29, 1.82) is 0 Å². The molecule has 1 radical (unpaired) electrons. The van der Waals surface area contributed by atoms with E-state index in [1.165, 1.54) is 32.0 Å². The third kappa shape index (κ3) is 4.25. The van der Waals surface area contributed by atoms with Crippen LogP contribution in [0.3, 0.4) is 0 Å². The third-order valence-electron chi connectivity index (χ3n) is 7.61. The average molecular weight is 515 g/mol. The topological polar surface area (TPSA) is 67.6 Å². The van der Waals surface area contributed by atoms with E-state index in [4.69, 9.17) is 0 Å². The summed E-state index contributed by atoms with van der Waals surface area (Å²) in [7, 11) is 2.20. The number of aromatic nitrogens is 1. The van der Waals surface area contributed by atoms with Gasteiger partial charge in [-0.3, -0.25) is 14.2 Å². The van der Waals surface area contributed by atoms with Crippen LogP contribution in [0.25, 0.3) is 11.3 Å². The number of amidine groups is 1. The van der Waals surface area contributed by atoms with Crippen molar-refractivity contribution in [3.8, 4) is 0 Å². The minimum absolute atomic E-state index is 0.0733. The summed E-state index contributed by atoms with van der Waals surface area (Å²) in [5, 5.41) is 4.90. The number of nitrogens with one attached hydrogen (secondary N) is 3. The van der Waals surface area contributed by atoms with Crippen LogP contribution >= 0.6 is 0 Å². The zero-order valence-electron chi connectivity index (χ0n) is 21.9. The zero-order chi connectivity index (χ0) is 26.3. The maximum Gasteiger partial charge on any atom is 0.553 e. The number of anilines is 2. The molecule has 3 aromatic rings. The Hall–Kier alpha value is -4.50. The van der Waals surface area contributed by atoms with E-state index in [1.54, 1.807) is 0 Å². The number of hydrazine groups is 2. The van der Waals surface area contributed by atoms with Crippen LogP contribution in [0.5, 0.6) is 0 Å². The number of allylic oxidation sites excluding steroid dienone is 1. The summed E-state index contributed by atoms with van der Waals surface area (Å²) in [4.78, 5) is 13.9. The largest absolute Gasteiger partial charge is 0.553 e. The molecule has 4 aliphatic heterocycles. The normalized spacial score (nSPS) is 18.0. The van der Waals surface area contributed by atoms with Crippen molar-refractivity contribution in [2.75, 3.05) is 23.4 Å². The quantitative estimate of drug-likeness (QED) is 0.364. The molecule has 4 aliphatic rings. The molecule has 0 saturated carbocycles. The molecule has 1 amide bonds. The summed E-state index contributed by atoms with van der Waals surface area (Å²) in [6, 6.07) is 22.7. The predicted octanol–water partition coefficient (Wildman–Crippen LogP) is 3.90. The highest BCUT2D eigenvalue weighted by Crippen LogP contribution is 2.39. The van der Waals surface area contributed by atoms with E-state index in [-0.39, 0.29) is 5.91 Å². The number of piperidine rings is 1. The smallest absolute Gasteiger partial charge is 0.329 e. The Morgan fingerprint density at radius 3 is 2.49 bits per heavy atom. The molecular formula is C30H30BN7O+. The van der Waals surface area contributed by atoms with Crippen LogP contribution in [-0.2, 0) is 4.79 Å². The van der Waals surface area contributed by atoms with Gasteiger partial charge in [0.25, 0.3) is 5.84 Å². The Labute approximate surface area is 228 Å². The van der Waals surface area contributed by atoms with E-state index < -0.39 is 0 Å². The highest BCUT2D eigenvalue weighted by molar-refractivity contribution is 6.41. The number of benzene rings is 2. The van der Waals surface area contributed by atoms with Crippen molar-refractivity contribution in [1.82, 2.24) is 20.2 Å². The van der Waals surface area contributed by atoms with Gasteiger partial charge in [-0.1, -0.05) is 42.5 Å². The summed E-state index contributed by atoms with van der Waals surface area (Å²) in [6.45, 7) is 3.68. The van der Waals surface area contributed by atoms with Gasteiger partial charge in [-0.05, 0) is 55.2 Å². The second kappa shape index (κ2) is 9.67. The number of amides is 1. The van der Waals surface area contributed by atoms with Crippen molar-refractivity contribution >= 4 is 42.1 Å². The number of carbonyl (C=O) groups excluding carboxylic acids is 1. The predicted molar refractivity (Wildman–Crippen MR) is 155 cm³/mol. The summed E-state index contributed by atoms with van der Waals surface area (Å²) < 4.78 is 4.74. The molecule has 39 heavy (non-hydrogen) atoms. The lowest BCUT2D eigenvalue weighted by atomic mass is 9.91. The summed E-state index contributed by atoms with van der Waals surface area (Å²) in [5.74, 6) is 2.14. The van der Waals surface area contributed by atoms with Gasteiger partial charge < -0.3 is 15.2 Å². The van der Waals surface area contributed by atoms with Gasteiger partial charge in [0.2, 0.25) is 5.91 Å². The molecule has 193 valence electrons. The van der Waals surface area contributed by atoms with E-state index in [1.807, 2.05) is 35.3 Å². The average Bonchev–Trinajstić information content (AvgIpc) is 3.71. The van der Waals surface area contributed by atoms with Gasteiger partial charge in [-0.15, -0.1) is 5.53 Å². The van der Waals surface area contributed by atoms with Gasteiger partial charge in [-0.25, -0.2) is 5.01 Å². The van der Waals surface area contributed by atoms with E-state index in [0.29, 0.717) is 0 Å². The molecule has 9 heteroatoms. The van der Waals surface area contributed by atoms with Gasteiger partial charge in [-0.2, -0.15) is 0 Å². The Bertz CT molecular complexity index is 1560. The first-order chi connectivity index (χ1) is 19.2. The molecule has 1 saturated heterocycles. The number of nitrogens with zero attached hydrogens (tertiary/aromatic N) is 4. The number of fused-ring (bicyclic) bond motifs is 2. The maximum absolute atomic E-state index is 11.6. The SMILES string of the molecule is CC(=O)Nc1ccc(C2=C3C=CC(=[N+]4CCCCC4)N3[B]n3c2ccc3N2C=C(c3ccccc3)NN2)cc1. The van der Waals surface area contributed by atoms with Gasteiger partial charge in [0, 0.05) is 35.5 Å². The zero-order valence-corrected chi connectivity index (χ0v) is 21.9. The number of carbonyl (C=O) groups is 1. The van der Waals surface area contributed by atoms with Crippen LogP contribution in [0.2, 0.25) is 0 Å². The molecule has 8 nitrogen and oxygen atoms in total. The molecule has 0 spiro atoms. The van der Waals surface area contributed by atoms with Gasteiger partial charge in [0.1, 0.15) is 11.5 Å². The maximum atomic E-state index is 11.6. The molecular weight excluding hydrogens is 485 g/mol. The number of hydrogen-bond acceptors (Lipinski definition) is 4. The second-order valence-corrected chi connectivity index (χ2v) is 10.2. The fraction of sp³-hybridized carbons (Fsp3) is 0.200. The molecule has 5 heterocycles. The molecule has 0 bridgehead atoms. The van der Waals surface area contributed by atoms with Crippen molar-refractivity contribution in [3.05, 3.63) is 108 Å². The lowest BCUT2D eigenvalue weighted by Crippen LogP contribution is -2.45. The van der Waals surface area contributed by atoms with Crippen LogP contribution in [-0.4, -0.2) is 46.2 Å². The lowest BCUT2D eigenvalue weighted by molar-refractivity contribution is -0.539. The van der Waals surface area contributed by atoms with Crippen molar-refractivity contribution in [2.45, 2.75) is 26.2 Å². The van der Waals surface area contributed by atoms with Crippen LogP contribution in [0.15, 0.2) is 90.8 Å². The molecule has 0 atom stereocenters. The third-order valence-corrected chi connectivity index (χ3v) is 7.61. The first-order valence-corrected chi connectivity index (χ1v) is 13.5. The Morgan fingerprint density at radius 1 is 0.923 bits per heavy atom. The van der Waals surface area contributed by atoms with E-state index >= 15 is 0 Å². The van der Waals surface area contributed by atoms with E-state index in [9.17, 15) is 4.79 Å². The monoisotopic (exact) mass is 515 g/mol. The number of rotatable bonds is 4. The molecule has 7 rings (SSSR count). The highest BCUT2D eigenvalue weighted by atomic mass is 16.1. The Balaban J connectivity index is 1.31. The first-order valence-electron chi connectivity index (χ1n) is 13.5. The van der Waals surface area contributed by atoms with Gasteiger partial charge in [0.05, 0.1) is 25.0 Å². The highest BCUT2D eigenvalue weighted by Gasteiger charge is 2.41. The van der Waals surface area contributed by atoms with Crippen molar-refractivity contribution in [2.24, 2.45) is 0 Å². The Kier molecular flexibility index (Phi) is 5.85. The molecule has 0 aliphatic carbocycles. The van der Waals surface area contributed by atoms with E-state index in [0.717, 1.165) is 58.4 Å². The summed E-state index contributed by atoms with van der Waals surface area (Å²) in [5.41, 5.74) is 14.1. The fourth-order valence-electron chi connectivity index (χ4n) is 5.77. The second-order valence-electron chi connectivity index (χ2n) is 10.2. The lowest BCUT2D eigenvalue weighted by Gasteiger charge is -2.28. The standard InChI is InChI=1S/C30H29BN7O/c1-21(39)32-24-12-10-23(11-13-24)30-26-14-16-28(35-18-6-3-7-19-35)37(26)31-38-27(30)15-17-29(38)36-20-25(33-34-36)22-8-4-2-5-9-22/h2,4-5,8-17,20,33-34H,3,6-7,18-19H2,1H3/p+1. The van der Waals surface area contributed by atoms with Crippen LogP contribution < -0.4 is 21.3 Å². The molecule has 1 fully saturated rings. The molecule has 3 N–H and O–H groups in total. The van der Waals surface area contributed by atoms with Gasteiger partial charge >= 0.3 is 7.55 Å². The fourth-order valence-corrected chi connectivity index (χ4v) is 5.77. The van der Waals surface area contributed by atoms with E-state index in [2.05, 4.69) is 92.4 Å². The summed E-state index contributed by atoms with van der Waals surface area (Å²) in [6.07, 6.45) is 10.3. The first kappa shape index (κ1) is 23.6. The number of hydrogen-bond donors (Lipinski definition) is 3. The molecule has 0 unspecified atom stereocenters. The van der Waals surface area contributed by atoms with Crippen molar-refractivity contribution < 1.29 is 9.37 Å². The minimum Gasteiger partial charge on any atom is -0.329 e. The molecule has 2 aromatic carbocycles. The van der Waals surface area contributed by atoms with Crippen LogP contribution in [0, 0.1) is 0 Å². The van der Waals surface area contributed by atoms with Crippen LogP contribution in [0.4, 0.5) is 11.5 Å². The van der Waals surface area contributed by atoms with Crippen molar-refractivity contribution in [3.63, 3.8) is 0 Å². The van der Waals surface area contributed by atoms with Gasteiger partial charge in [0.15, 0.2) is 0 Å².